The lowest BCUT2D eigenvalue weighted by Gasteiger charge is -2.09. The Bertz CT molecular complexity index is 566. The molecule has 2 aromatic rings. The highest BCUT2D eigenvalue weighted by atomic mass is 16.7. The van der Waals surface area contributed by atoms with Gasteiger partial charge < -0.3 is 9.47 Å². The molecule has 0 saturated carbocycles. The number of rotatable bonds is 3. The van der Waals surface area contributed by atoms with E-state index in [0.29, 0.717) is 13.2 Å². The van der Waals surface area contributed by atoms with Gasteiger partial charge in [0.1, 0.15) is 0 Å². The minimum atomic E-state index is -0.124. The first-order chi connectivity index (χ1) is 9.31. The molecule has 3 rings (SSSR count). The molecule has 1 saturated heterocycles. The maximum absolute atomic E-state index is 5.46. The molecule has 0 spiro atoms. The van der Waals surface area contributed by atoms with Crippen molar-refractivity contribution in [3.8, 4) is 11.4 Å². The molecule has 0 aliphatic carbocycles. The number of pyridine rings is 2. The molecule has 98 valence electrons. The van der Waals surface area contributed by atoms with Gasteiger partial charge in [0.05, 0.1) is 24.6 Å². The number of aromatic nitrogens is 2. The number of aryl methyl sites for hydroxylation is 1. The maximum atomic E-state index is 5.46. The summed E-state index contributed by atoms with van der Waals surface area (Å²) in [5.41, 5.74) is 4.12. The van der Waals surface area contributed by atoms with Crippen molar-refractivity contribution in [1.82, 2.24) is 9.97 Å². The second-order valence-corrected chi connectivity index (χ2v) is 4.64. The van der Waals surface area contributed by atoms with Gasteiger partial charge in [-0.1, -0.05) is 0 Å². The third-order valence-corrected chi connectivity index (χ3v) is 3.10. The first-order valence-electron chi connectivity index (χ1n) is 6.42. The Balaban J connectivity index is 1.82. The highest BCUT2D eigenvalue weighted by Crippen LogP contribution is 2.18. The molecule has 0 aromatic carbocycles. The van der Waals surface area contributed by atoms with E-state index >= 15 is 0 Å². The predicted molar refractivity (Wildman–Crippen MR) is 71.6 cm³/mol. The Hall–Kier alpha value is -1.78. The van der Waals surface area contributed by atoms with Gasteiger partial charge in [-0.05, 0) is 42.3 Å². The zero-order valence-electron chi connectivity index (χ0n) is 10.9. The van der Waals surface area contributed by atoms with Crippen molar-refractivity contribution in [2.45, 2.75) is 19.6 Å². The monoisotopic (exact) mass is 256 g/mol. The Morgan fingerprint density at radius 3 is 2.47 bits per heavy atom. The van der Waals surface area contributed by atoms with Crippen molar-refractivity contribution in [3.05, 3.63) is 47.8 Å². The number of hydrogen-bond donors (Lipinski definition) is 0. The summed E-state index contributed by atoms with van der Waals surface area (Å²) in [5, 5.41) is 0. The topological polar surface area (TPSA) is 44.2 Å². The fourth-order valence-corrected chi connectivity index (χ4v) is 2.14. The van der Waals surface area contributed by atoms with Crippen molar-refractivity contribution in [2.24, 2.45) is 0 Å². The van der Waals surface area contributed by atoms with Gasteiger partial charge in [0.15, 0.2) is 6.29 Å². The van der Waals surface area contributed by atoms with Crippen LogP contribution in [0.4, 0.5) is 0 Å². The van der Waals surface area contributed by atoms with Gasteiger partial charge in [0.25, 0.3) is 0 Å². The largest absolute Gasteiger partial charge is 0.350 e. The summed E-state index contributed by atoms with van der Waals surface area (Å²) in [6.45, 7) is 3.42. The standard InChI is InChI=1S/C15H16N2O2/c1-11-2-4-16-13(8-11)14-9-12(3-5-17-14)10-15-18-6-7-19-15/h2-5,8-9,15H,6-7,10H2,1H3. The summed E-state index contributed by atoms with van der Waals surface area (Å²) in [6.07, 6.45) is 4.24. The SMILES string of the molecule is Cc1ccnc(-c2cc(CC3OCCO3)ccn2)c1. The molecule has 0 N–H and O–H groups in total. The normalized spacial score (nSPS) is 15.8. The predicted octanol–water partition coefficient (Wildman–Crippen LogP) is 2.37. The van der Waals surface area contributed by atoms with Gasteiger partial charge in [-0.25, -0.2) is 0 Å². The van der Waals surface area contributed by atoms with E-state index in [1.165, 1.54) is 5.56 Å². The summed E-state index contributed by atoms with van der Waals surface area (Å²) >= 11 is 0. The zero-order chi connectivity index (χ0) is 13.1. The molecule has 4 heteroatoms. The van der Waals surface area contributed by atoms with Crippen molar-refractivity contribution in [1.29, 1.82) is 0 Å². The van der Waals surface area contributed by atoms with Crippen molar-refractivity contribution in [2.75, 3.05) is 13.2 Å². The van der Waals surface area contributed by atoms with Crippen LogP contribution in [0.2, 0.25) is 0 Å². The first-order valence-corrected chi connectivity index (χ1v) is 6.42. The molecule has 0 bridgehead atoms. The van der Waals surface area contributed by atoms with E-state index in [-0.39, 0.29) is 6.29 Å². The fourth-order valence-electron chi connectivity index (χ4n) is 2.14. The second kappa shape index (κ2) is 5.47. The molecule has 19 heavy (non-hydrogen) atoms. The van der Waals surface area contributed by atoms with Crippen LogP contribution in [0.1, 0.15) is 11.1 Å². The number of nitrogens with zero attached hydrogens (tertiary/aromatic N) is 2. The van der Waals surface area contributed by atoms with E-state index in [2.05, 4.69) is 16.9 Å². The second-order valence-electron chi connectivity index (χ2n) is 4.64. The highest BCUT2D eigenvalue weighted by molar-refractivity contribution is 5.55. The van der Waals surface area contributed by atoms with Gasteiger partial charge in [0.2, 0.25) is 0 Å². The molecule has 0 atom stereocenters. The molecule has 1 fully saturated rings. The average molecular weight is 256 g/mol. The minimum absolute atomic E-state index is 0.124. The van der Waals surface area contributed by atoms with Gasteiger partial charge >= 0.3 is 0 Å². The van der Waals surface area contributed by atoms with E-state index in [1.807, 2.05) is 36.7 Å². The van der Waals surface area contributed by atoms with Crippen LogP contribution in [0, 0.1) is 6.92 Å². The van der Waals surface area contributed by atoms with Crippen LogP contribution in [-0.2, 0) is 15.9 Å². The molecular weight excluding hydrogens is 240 g/mol. The van der Waals surface area contributed by atoms with Crippen LogP contribution >= 0.6 is 0 Å². The van der Waals surface area contributed by atoms with E-state index in [9.17, 15) is 0 Å². The minimum Gasteiger partial charge on any atom is -0.350 e. The Kier molecular flexibility index (Phi) is 3.53. The van der Waals surface area contributed by atoms with Crippen molar-refractivity contribution < 1.29 is 9.47 Å². The van der Waals surface area contributed by atoms with Gasteiger partial charge in [-0.2, -0.15) is 0 Å². The van der Waals surface area contributed by atoms with E-state index in [0.717, 1.165) is 23.4 Å². The van der Waals surface area contributed by atoms with Crippen LogP contribution in [0.5, 0.6) is 0 Å². The summed E-state index contributed by atoms with van der Waals surface area (Å²) in [5.74, 6) is 0. The quantitative estimate of drug-likeness (QED) is 0.845. The third-order valence-electron chi connectivity index (χ3n) is 3.10. The summed E-state index contributed by atoms with van der Waals surface area (Å²) in [7, 11) is 0. The first kappa shape index (κ1) is 12.3. The molecule has 4 nitrogen and oxygen atoms in total. The Morgan fingerprint density at radius 2 is 1.74 bits per heavy atom. The summed E-state index contributed by atoms with van der Waals surface area (Å²) < 4.78 is 10.9. The van der Waals surface area contributed by atoms with Crippen LogP contribution in [-0.4, -0.2) is 29.5 Å². The van der Waals surface area contributed by atoms with Crippen LogP contribution in [0.25, 0.3) is 11.4 Å². The smallest absolute Gasteiger partial charge is 0.161 e. The lowest BCUT2D eigenvalue weighted by molar-refractivity contribution is -0.0399. The molecule has 1 aliphatic rings. The lowest BCUT2D eigenvalue weighted by atomic mass is 10.1. The summed E-state index contributed by atoms with van der Waals surface area (Å²) in [6, 6.07) is 8.05. The maximum Gasteiger partial charge on any atom is 0.161 e. The van der Waals surface area contributed by atoms with Crippen molar-refractivity contribution in [3.63, 3.8) is 0 Å². The zero-order valence-corrected chi connectivity index (χ0v) is 10.9. The van der Waals surface area contributed by atoms with E-state index < -0.39 is 0 Å². The summed E-state index contributed by atoms with van der Waals surface area (Å²) in [4.78, 5) is 8.74. The highest BCUT2D eigenvalue weighted by Gasteiger charge is 2.16. The number of ether oxygens (including phenoxy) is 2. The molecule has 0 radical (unpaired) electrons. The molecule has 3 heterocycles. The van der Waals surface area contributed by atoms with Crippen LogP contribution in [0.3, 0.4) is 0 Å². The molecule has 1 aliphatic heterocycles. The average Bonchev–Trinajstić information content (AvgIpc) is 2.92. The molecule has 2 aromatic heterocycles. The Morgan fingerprint density at radius 1 is 1.05 bits per heavy atom. The lowest BCUT2D eigenvalue weighted by Crippen LogP contribution is -2.11. The van der Waals surface area contributed by atoms with Crippen LogP contribution < -0.4 is 0 Å². The number of hydrogen-bond acceptors (Lipinski definition) is 4. The fraction of sp³-hybridized carbons (Fsp3) is 0.333. The Labute approximate surface area is 112 Å². The molecule has 0 amide bonds. The van der Waals surface area contributed by atoms with Gasteiger partial charge in [-0.3, -0.25) is 9.97 Å². The van der Waals surface area contributed by atoms with Crippen LogP contribution in [0.15, 0.2) is 36.7 Å². The van der Waals surface area contributed by atoms with E-state index in [1.54, 1.807) is 0 Å². The van der Waals surface area contributed by atoms with Gasteiger partial charge in [0, 0.05) is 18.8 Å². The van der Waals surface area contributed by atoms with Crippen molar-refractivity contribution >= 4 is 0 Å². The molecule has 0 unspecified atom stereocenters. The van der Waals surface area contributed by atoms with Gasteiger partial charge in [-0.15, -0.1) is 0 Å². The third kappa shape index (κ3) is 2.97. The van der Waals surface area contributed by atoms with E-state index in [4.69, 9.17) is 9.47 Å². The molecular formula is C15H16N2O2.